The molecule has 31 heavy (non-hydrogen) atoms. The van der Waals surface area contributed by atoms with Gasteiger partial charge in [0, 0.05) is 38.3 Å². The Balaban J connectivity index is 1.46. The van der Waals surface area contributed by atoms with Gasteiger partial charge < -0.3 is 19.4 Å². The first-order valence-electron chi connectivity index (χ1n) is 9.57. The van der Waals surface area contributed by atoms with Crippen LogP contribution in [0, 0.1) is 0 Å². The van der Waals surface area contributed by atoms with Crippen LogP contribution in [0.2, 0.25) is 5.02 Å². The van der Waals surface area contributed by atoms with E-state index in [1.807, 2.05) is 0 Å². The molecule has 1 N–H and O–H groups in total. The monoisotopic (exact) mass is 465 g/mol. The zero-order chi connectivity index (χ0) is 22.2. The van der Waals surface area contributed by atoms with Crippen LogP contribution < -0.4 is 10.1 Å². The Labute approximate surface area is 184 Å². The highest BCUT2D eigenvalue weighted by Gasteiger charge is 2.33. The van der Waals surface area contributed by atoms with E-state index in [0.717, 1.165) is 0 Å². The van der Waals surface area contributed by atoms with Crippen LogP contribution in [0.4, 0.5) is 5.69 Å². The molecule has 0 bridgehead atoms. The first kappa shape index (κ1) is 21.4. The Morgan fingerprint density at radius 2 is 2.00 bits per heavy atom. The molecule has 1 saturated heterocycles. The van der Waals surface area contributed by atoms with Gasteiger partial charge in [0.05, 0.1) is 17.0 Å². The summed E-state index contributed by atoms with van der Waals surface area (Å²) >= 11 is 6.22. The number of anilines is 1. The third-order valence-corrected chi connectivity index (χ3v) is 7.43. The summed E-state index contributed by atoms with van der Waals surface area (Å²) in [5.74, 6) is 0.246. The molecule has 1 fully saturated rings. The molecule has 11 heteroatoms. The van der Waals surface area contributed by atoms with E-state index in [4.69, 9.17) is 20.8 Å². The van der Waals surface area contributed by atoms with E-state index < -0.39 is 16.1 Å². The Kier molecular flexibility index (Phi) is 5.78. The van der Waals surface area contributed by atoms with Gasteiger partial charge in [0.2, 0.25) is 15.9 Å². The third-order valence-electron chi connectivity index (χ3n) is 5.07. The largest absolute Gasteiger partial charge is 0.479 e. The Bertz CT molecular complexity index is 1140. The zero-order valence-electron chi connectivity index (χ0n) is 16.6. The van der Waals surface area contributed by atoms with Crippen LogP contribution in [0.5, 0.6) is 5.75 Å². The SMILES string of the molecule is CC1Oc2cc(S(=O)(=O)N3CCN(C(=O)/C=C/c4ccco4)CC3)c(Cl)cc2NC1=O. The van der Waals surface area contributed by atoms with Gasteiger partial charge >= 0.3 is 0 Å². The fourth-order valence-electron chi connectivity index (χ4n) is 3.34. The molecule has 2 aromatic rings. The molecule has 2 aliphatic heterocycles. The third kappa shape index (κ3) is 4.32. The minimum Gasteiger partial charge on any atom is -0.479 e. The van der Waals surface area contributed by atoms with Gasteiger partial charge in [-0.25, -0.2) is 8.42 Å². The van der Waals surface area contributed by atoms with Crippen molar-refractivity contribution in [3.05, 3.63) is 47.4 Å². The predicted molar refractivity (Wildman–Crippen MR) is 113 cm³/mol. The maximum absolute atomic E-state index is 13.2. The molecule has 3 heterocycles. The molecule has 0 spiro atoms. The van der Waals surface area contributed by atoms with Crippen molar-refractivity contribution in [3.8, 4) is 5.75 Å². The molecular weight excluding hydrogens is 446 g/mol. The number of fused-ring (bicyclic) bond motifs is 1. The topological polar surface area (TPSA) is 109 Å². The average molecular weight is 466 g/mol. The van der Waals surface area contributed by atoms with Crippen molar-refractivity contribution >= 4 is 45.2 Å². The molecule has 9 nitrogen and oxygen atoms in total. The first-order valence-corrected chi connectivity index (χ1v) is 11.4. The van der Waals surface area contributed by atoms with E-state index >= 15 is 0 Å². The fraction of sp³-hybridized carbons (Fsp3) is 0.300. The molecule has 4 rings (SSSR count). The number of carbonyl (C=O) groups is 2. The summed E-state index contributed by atoms with van der Waals surface area (Å²) in [5, 5.41) is 2.62. The van der Waals surface area contributed by atoms with Crippen LogP contribution in [-0.2, 0) is 19.6 Å². The molecule has 0 saturated carbocycles. The minimum absolute atomic E-state index is 0.0166. The van der Waals surface area contributed by atoms with E-state index in [1.54, 1.807) is 30.0 Å². The summed E-state index contributed by atoms with van der Waals surface area (Å²) in [6.45, 7) is 2.31. The number of hydrogen-bond acceptors (Lipinski definition) is 6. The number of amides is 2. The second kappa shape index (κ2) is 8.37. The lowest BCUT2D eigenvalue weighted by atomic mass is 10.2. The zero-order valence-corrected chi connectivity index (χ0v) is 18.1. The van der Waals surface area contributed by atoms with Gasteiger partial charge in [-0.1, -0.05) is 11.6 Å². The second-order valence-corrected chi connectivity index (χ2v) is 9.42. The highest BCUT2D eigenvalue weighted by atomic mass is 35.5. The van der Waals surface area contributed by atoms with Gasteiger partial charge in [-0.3, -0.25) is 9.59 Å². The van der Waals surface area contributed by atoms with Crippen LogP contribution >= 0.6 is 11.6 Å². The molecule has 164 valence electrons. The second-order valence-electron chi connectivity index (χ2n) is 7.11. The summed E-state index contributed by atoms with van der Waals surface area (Å²) < 4.78 is 38.3. The molecular formula is C20H20ClN3O6S. The van der Waals surface area contributed by atoms with E-state index in [-0.39, 0.29) is 53.7 Å². The average Bonchev–Trinajstić information content (AvgIpc) is 3.26. The number of halogens is 1. The van der Waals surface area contributed by atoms with Crippen molar-refractivity contribution in [3.63, 3.8) is 0 Å². The number of sulfonamides is 1. The van der Waals surface area contributed by atoms with Crippen LogP contribution in [0.1, 0.15) is 12.7 Å². The van der Waals surface area contributed by atoms with Gasteiger partial charge in [0.15, 0.2) is 6.10 Å². The molecule has 0 aliphatic carbocycles. The Hall–Kier alpha value is -2.82. The summed E-state index contributed by atoms with van der Waals surface area (Å²) in [4.78, 5) is 25.6. The number of nitrogens with one attached hydrogen (secondary N) is 1. The van der Waals surface area contributed by atoms with Crippen molar-refractivity contribution < 1.29 is 27.2 Å². The van der Waals surface area contributed by atoms with Crippen molar-refractivity contribution in [2.45, 2.75) is 17.9 Å². The lowest BCUT2D eigenvalue weighted by Crippen LogP contribution is -2.50. The highest BCUT2D eigenvalue weighted by molar-refractivity contribution is 7.89. The lowest BCUT2D eigenvalue weighted by molar-refractivity contribution is -0.127. The van der Waals surface area contributed by atoms with Crippen LogP contribution in [0.3, 0.4) is 0 Å². The van der Waals surface area contributed by atoms with Crippen LogP contribution in [0.25, 0.3) is 6.08 Å². The van der Waals surface area contributed by atoms with Gasteiger partial charge in [-0.15, -0.1) is 0 Å². The number of benzene rings is 1. The van der Waals surface area contributed by atoms with Crippen molar-refractivity contribution in [1.82, 2.24) is 9.21 Å². The maximum Gasteiger partial charge on any atom is 0.265 e. The Morgan fingerprint density at radius 3 is 2.68 bits per heavy atom. The molecule has 1 aromatic heterocycles. The quantitative estimate of drug-likeness (QED) is 0.693. The molecule has 1 atom stereocenters. The smallest absolute Gasteiger partial charge is 0.265 e. The Morgan fingerprint density at radius 1 is 1.26 bits per heavy atom. The van der Waals surface area contributed by atoms with Gasteiger partial charge in [-0.2, -0.15) is 4.31 Å². The standard InChI is InChI=1S/C20H20ClN3O6S/c1-13-20(26)22-16-11-15(21)18(12-17(16)30-13)31(27,28)24-8-6-23(7-9-24)19(25)5-4-14-3-2-10-29-14/h2-5,10-13H,6-9H2,1H3,(H,22,26)/b5-4+. The van der Waals surface area contributed by atoms with Crippen molar-refractivity contribution in [2.75, 3.05) is 31.5 Å². The van der Waals surface area contributed by atoms with Crippen molar-refractivity contribution in [2.24, 2.45) is 0 Å². The molecule has 2 aliphatic rings. The molecule has 0 radical (unpaired) electrons. The van der Waals surface area contributed by atoms with E-state index in [1.165, 1.54) is 28.8 Å². The number of carbonyl (C=O) groups excluding carboxylic acids is 2. The van der Waals surface area contributed by atoms with Crippen LogP contribution in [0.15, 0.2) is 45.9 Å². The lowest BCUT2D eigenvalue weighted by Gasteiger charge is -2.34. The molecule has 2 amide bonds. The van der Waals surface area contributed by atoms with E-state index in [0.29, 0.717) is 11.4 Å². The number of furan rings is 1. The summed E-state index contributed by atoms with van der Waals surface area (Å²) in [6, 6.07) is 6.14. The van der Waals surface area contributed by atoms with Gasteiger partial charge in [0.25, 0.3) is 5.91 Å². The number of ether oxygens (including phenoxy) is 1. The summed E-state index contributed by atoms with van der Waals surface area (Å²) in [6.07, 6.45) is 3.74. The van der Waals surface area contributed by atoms with Gasteiger partial charge in [-0.05, 0) is 31.2 Å². The minimum atomic E-state index is -3.92. The molecule has 1 unspecified atom stereocenters. The number of rotatable bonds is 4. The fourth-order valence-corrected chi connectivity index (χ4v) is 5.28. The predicted octanol–water partition coefficient (Wildman–Crippen LogP) is 2.20. The van der Waals surface area contributed by atoms with E-state index in [9.17, 15) is 18.0 Å². The number of hydrogen-bond donors (Lipinski definition) is 1. The number of piperazine rings is 1. The molecule has 1 aromatic carbocycles. The first-order chi connectivity index (χ1) is 14.8. The van der Waals surface area contributed by atoms with E-state index in [2.05, 4.69) is 5.32 Å². The highest BCUT2D eigenvalue weighted by Crippen LogP contribution is 2.38. The summed E-state index contributed by atoms with van der Waals surface area (Å²) in [5.41, 5.74) is 0.325. The van der Waals surface area contributed by atoms with Crippen molar-refractivity contribution in [1.29, 1.82) is 0 Å². The maximum atomic E-state index is 13.2. The number of nitrogens with zero attached hydrogens (tertiary/aromatic N) is 2. The van der Waals surface area contributed by atoms with Crippen LogP contribution in [-0.4, -0.2) is 61.7 Å². The normalized spacial score (nSPS) is 19.7. The summed E-state index contributed by atoms with van der Waals surface area (Å²) in [7, 11) is -3.92. The van der Waals surface area contributed by atoms with Gasteiger partial charge in [0.1, 0.15) is 16.4 Å².